The molecule has 1 aromatic rings. The lowest BCUT2D eigenvalue weighted by Crippen LogP contribution is -2.15. The molecule has 0 aliphatic rings. The molecule has 3 nitrogen and oxygen atoms in total. The molecule has 0 saturated carbocycles. The molecule has 0 unspecified atom stereocenters. The Hall–Kier alpha value is -1.65. The molecule has 0 radical (unpaired) electrons. The second-order valence-electron chi connectivity index (χ2n) is 3.12. The van der Waals surface area contributed by atoms with E-state index in [2.05, 4.69) is 0 Å². The van der Waals surface area contributed by atoms with Crippen LogP contribution in [0.3, 0.4) is 0 Å². The summed E-state index contributed by atoms with van der Waals surface area (Å²) < 4.78 is 28.8. The molecule has 15 heavy (non-hydrogen) atoms. The highest BCUT2D eigenvalue weighted by Crippen LogP contribution is 2.20. The van der Waals surface area contributed by atoms with Gasteiger partial charge < -0.3 is 10.5 Å². The van der Waals surface area contributed by atoms with E-state index in [4.69, 9.17) is 15.9 Å². The van der Waals surface area contributed by atoms with Gasteiger partial charge in [0.05, 0.1) is 5.56 Å². The van der Waals surface area contributed by atoms with Gasteiger partial charge in [-0.05, 0) is 24.6 Å². The standard InChI is InChI=1S/C10H12F2N2O/c1-6-2-3-7(10(13)14)8(4-6)15-5-9(11)12/h2-4,9H,5H2,1H3,(H3,13,14). The van der Waals surface area contributed by atoms with Gasteiger partial charge in [-0.2, -0.15) is 0 Å². The maximum atomic E-state index is 11.9. The van der Waals surface area contributed by atoms with E-state index in [1.54, 1.807) is 25.1 Å². The zero-order chi connectivity index (χ0) is 11.4. The predicted molar refractivity (Wildman–Crippen MR) is 53.7 cm³/mol. The molecule has 0 spiro atoms. The van der Waals surface area contributed by atoms with Crippen molar-refractivity contribution in [1.29, 1.82) is 5.41 Å². The van der Waals surface area contributed by atoms with Crippen LogP contribution in [-0.4, -0.2) is 18.9 Å². The molecule has 1 aromatic carbocycles. The van der Waals surface area contributed by atoms with Crippen LogP contribution in [0.5, 0.6) is 5.75 Å². The molecular weight excluding hydrogens is 202 g/mol. The first kappa shape index (κ1) is 11.4. The molecule has 0 aromatic heterocycles. The number of nitrogens with two attached hydrogens (primary N) is 1. The number of alkyl halides is 2. The minimum absolute atomic E-state index is 0.195. The fraction of sp³-hybridized carbons (Fsp3) is 0.300. The van der Waals surface area contributed by atoms with Gasteiger partial charge in [0.1, 0.15) is 18.2 Å². The Kier molecular flexibility index (Phi) is 3.60. The highest BCUT2D eigenvalue weighted by Gasteiger charge is 2.09. The van der Waals surface area contributed by atoms with Crippen LogP contribution in [0.2, 0.25) is 0 Å². The number of hydrogen-bond acceptors (Lipinski definition) is 2. The summed E-state index contributed by atoms with van der Waals surface area (Å²) in [6, 6.07) is 4.91. The Labute approximate surface area is 86.4 Å². The molecule has 0 amide bonds. The fourth-order valence-corrected chi connectivity index (χ4v) is 1.12. The fourth-order valence-electron chi connectivity index (χ4n) is 1.12. The summed E-state index contributed by atoms with van der Waals surface area (Å²) in [7, 11) is 0. The zero-order valence-electron chi connectivity index (χ0n) is 8.26. The number of amidine groups is 1. The summed E-state index contributed by atoms with van der Waals surface area (Å²) in [4.78, 5) is 0. The van der Waals surface area contributed by atoms with E-state index in [1.807, 2.05) is 0 Å². The molecule has 0 heterocycles. The van der Waals surface area contributed by atoms with Crippen molar-refractivity contribution >= 4 is 5.84 Å². The number of nitrogen functional groups attached to an aromatic ring is 1. The largest absolute Gasteiger partial charge is 0.487 e. The van der Waals surface area contributed by atoms with E-state index in [0.717, 1.165) is 5.56 Å². The third-order valence-electron chi connectivity index (χ3n) is 1.79. The van der Waals surface area contributed by atoms with Gasteiger partial charge in [0.25, 0.3) is 6.43 Å². The van der Waals surface area contributed by atoms with Crippen LogP contribution < -0.4 is 10.5 Å². The maximum absolute atomic E-state index is 11.9. The van der Waals surface area contributed by atoms with Crippen molar-refractivity contribution in [2.75, 3.05) is 6.61 Å². The monoisotopic (exact) mass is 214 g/mol. The Bertz CT molecular complexity index is 366. The van der Waals surface area contributed by atoms with Gasteiger partial charge in [0.2, 0.25) is 0 Å². The average Bonchev–Trinajstić information content (AvgIpc) is 2.14. The Morgan fingerprint density at radius 1 is 1.53 bits per heavy atom. The Morgan fingerprint density at radius 3 is 2.73 bits per heavy atom. The SMILES string of the molecule is Cc1ccc(C(=N)N)c(OCC(F)F)c1. The summed E-state index contributed by atoms with van der Waals surface area (Å²) in [5.41, 5.74) is 6.49. The minimum Gasteiger partial charge on any atom is -0.487 e. The highest BCUT2D eigenvalue weighted by atomic mass is 19.3. The van der Waals surface area contributed by atoms with E-state index < -0.39 is 13.0 Å². The third kappa shape index (κ3) is 3.19. The molecule has 82 valence electrons. The van der Waals surface area contributed by atoms with Gasteiger partial charge in [0.15, 0.2) is 0 Å². The van der Waals surface area contributed by atoms with E-state index >= 15 is 0 Å². The van der Waals surface area contributed by atoms with Gasteiger partial charge >= 0.3 is 0 Å². The van der Waals surface area contributed by atoms with Crippen molar-refractivity contribution in [3.05, 3.63) is 29.3 Å². The lowest BCUT2D eigenvalue weighted by atomic mass is 10.1. The first-order valence-corrected chi connectivity index (χ1v) is 4.36. The van der Waals surface area contributed by atoms with E-state index in [0.29, 0.717) is 5.56 Å². The number of benzene rings is 1. The topological polar surface area (TPSA) is 59.1 Å². The quantitative estimate of drug-likeness (QED) is 0.594. The number of aryl methyl sites for hydroxylation is 1. The highest BCUT2D eigenvalue weighted by molar-refractivity contribution is 5.97. The van der Waals surface area contributed by atoms with Crippen LogP contribution in [0, 0.1) is 12.3 Å². The van der Waals surface area contributed by atoms with Crippen molar-refractivity contribution in [3.63, 3.8) is 0 Å². The second kappa shape index (κ2) is 4.72. The van der Waals surface area contributed by atoms with E-state index in [1.165, 1.54) is 0 Å². The van der Waals surface area contributed by atoms with Crippen LogP contribution >= 0.6 is 0 Å². The molecule has 5 heteroatoms. The lowest BCUT2D eigenvalue weighted by Gasteiger charge is -2.10. The number of halogens is 2. The van der Waals surface area contributed by atoms with E-state index in [9.17, 15) is 8.78 Å². The van der Waals surface area contributed by atoms with Crippen LogP contribution in [0.1, 0.15) is 11.1 Å². The normalized spacial score (nSPS) is 10.4. The summed E-state index contributed by atoms with van der Waals surface area (Å²) in [6.07, 6.45) is -2.54. The van der Waals surface area contributed by atoms with Crippen LogP contribution in [0.25, 0.3) is 0 Å². The van der Waals surface area contributed by atoms with Crippen LogP contribution in [0.15, 0.2) is 18.2 Å². The van der Waals surface area contributed by atoms with Crippen LogP contribution in [0.4, 0.5) is 8.78 Å². The number of ether oxygens (including phenoxy) is 1. The molecule has 0 atom stereocenters. The van der Waals surface area contributed by atoms with Crippen molar-refractivity contribution in [2.45, 2.75) is 13.3 Å². The van der Waals surface area contributed by atoms with Crippen molar-refractivity contribution < 1.29 is 13.5 Å². The van der Waals surface area contributed by atoms with E-state index in [-0.39, 0.29) is 11.6 Å². The van der Waals surface area contributed by atoms with Gasteiger partial charge in [-0.15, -0.1) is 0 Å². The van der Waals surface area contributed by atoms with Crippen LogP contribution in [-0.2, 0) is 0 Å². The average molecular weight is 214 g/mol. The van der Waals surface area contributed by atoms with Gasteiger partial charge in [-0.25, -0.2) is 8.78 Å². The Morgan fingerprint density at radius 2 is 2.20 bits per heavy atom. The van der Waals surface area contributed by atoms with Gasteiger partial charge in [-0.1, -0.05) is 6.07 Å². The predicted octanol–water partition coefficient (Wildman–Crippen LogP) is 1.92. The molecule has 0 fully saturated rings. The first-order chi connectivity index (χ1) is 7.00. The number of hydrogen-bond donors (Lipinski definition) is 2. The molecule has 0 aliphatic carbocycles. The molecule has 0 bridgehead atoms. The first-order valence-electron chi connectivity index (χ1n) is 4.36. The molecule has 0 saturated heterocycles. The van der Waals surface area contributed by atoms with Crippen molar-refractivity contribution in [3.8, 4) is 5.75 Å². The maximum Gasteiger partial charge on any atom is 0.272 e. The molecule has 1 rings (SSSR count). The minimum atomic E-state index is -2.54. The zero-order valence-corrected chi connectivity index (χ0v) is 8.26. The Balaban J connectivity index is 2.92. The smallest absolute Gasteiger partial charge is 0.272 e. The molecule has 0 aliphatic heterocycles. The van der Waals surface area contributed by atoms with Gasteiger partial charge in [-0.3, -0.25) is 5.41 Å². The van der Waals surface area contributed by atoms with Crippen molar-refractivity contribution in [1.82, 2.24) is 0 Å². The third-order valence-corrected chi connectivity index (χ3v) is 1.79. The summed E-state index contributed by atoms with van der Waals surface area (Å²) >= 11 is 0. The number of rotatable bonds is 4. The molecule has 3 N–H and O–H groups in total. The summed E-state index contributed by atoms with van der Waals surface area (Å²) in [6.45, 7) is 1.11. The van der Waals surface area contributed by atoms with Crippen molar-refractivity contribution in [2.24, 2.45) is 5.73 Å². The molecular formula is C10H12F2N2O. The lowest BCUT2D eigenvalue weighted by molar-refractivity contribution is 0.0818. The van der Waals surface area contributed by atoms with Gasteiger partial charge in [0, 0.05) is 0 Å². The second-order valence-corrected chi connectivity index (χ2v) is 3.12. The number of nitrogens with one attached hydrogen (secondary N) is 1. The summed E-state index contributed by atoms with van der Waals surface area (Å²) in [5.74, 6) is 0.0297. The summed E-state index contributed by atoms with van der Waals surface area (Å²) in [5, 5.41) is 7.24.